The Bertz CT molecular complexity index is 118. The summed E-state index contributed by atoms with van der Waals surface area (Å²) >= 11 is 0. The first-order valence-corrected chi connectivity index (χ1v) is 1.34. The first kappa shape index (κ1) is 122. The van der Waals surface area contributed by atoms with E-state index in [-0.39, 0.29) is 266 Å². The second-order valence-corrected chi connectivity index (χ2v) is 0. The van der Waals surface area contributed by atoms with Gasteiger partial charge in [-0.1, -0.05) is 0 Å². The standard InChI is InChI=1S/6CN.Fe.3H2O.4Rb/c6*1-2;;;;;;;;/h;;;;;;;3*1H2;;;;/q6*-1;+2;;;;4*+1. The summed E-state index contributed by atoms with van der Waals surface area (Å²) in [5, 5.41) is 37.5. The molecule has 0 aliphatic heterocycles. The van der Waals surface area contributed by atoms with Crippen LogP contribution in [0.1, 0.15) is 0 Å². The van der Waals surface area contributed by atoms with E-state index in [1.54, 1.807) is 0 Å². The van der Waals surface area contributed by atoms with Crippen LogP contribution in [-0.2, 0) is 17.1 Å². The summed E-state index contributed by atoms with van der Waals surface area (Å²) in [6, 6.07) is 0. The Balaban J connectivity index is -0.00000000167. The fraction of sp³-hybridized carbons (Fsp3) is 0. The molecule has 0 aromatic rings. The molecule has 0 saturated carbocycles. The van der Waals surface area contributed by atoms with Crippen LogP contribution in [0.5, 0.6) is 0 Å². The Morgan fingerprint density at radius 3 is 0.300 bits per heavy atom. The van der Waals surface area contributed by atoms with Gasteiger partial charge in [-0.25, -0.2) is 0 Å². The first-order chi connectivity index (χ1) is 6.00. The van der Waals surface area contributed by atoms with Gasteiger partial charge in [-0.05, 0) is 0 Å². The fourth-order valence-electron chi connectivity index (χ4n) is 0. The Kier molecular flexibility index (Phi) is 3520. The summed E-state index contributed by atoms with van der Waals surface area (Å²) in [4.78, 5) is 0. The van der Waals surface area contributed by atoms with E-state index in [0.29, 0.717) is 0 Å². The van der Waals surface area contributed by atoms with Gasteiger partial charge in [-0.2, -0.15) is 0 Å². The molecule has 0 heterocycles. The van der Waals surface area contributed by atoms with E-state index in [9.17, 15) is 0 Å². The Morgan fingerprint density at radius 2 is 0.300 bits per heavy atom. The van der Waals surface area contributed by atoms with Gasteiger partial charge in [-0.3, -0.25) is 0 Å². The molecule has 0 amide bonds. The molecule has 0 bridgehead atoms. The van der Waals surface area contributed by atoms with Gasteiger partial charge in [0, 0.05) is 0 Å². The molecular formula is C6H6FeN6O3Rb4. The van der Waals surface area contributed by atoms with Gasteiger partial charge < -0.3 is 87.4 Å². The van der Waals surface area contributed by atoms with Crippen molar-refractivity contribution in [1.29, 1.82) is 31.6 Å². The van der Waals surface area contributed by atoms with Crippen LogP contribution in [0.15, 0.2) is 0 Å². The molecule has 0 atom stereocenters. The van der Waals surface area contributed by atoms with E-state index in [2.05, 4.69) is 0 Å². The van der Waals surface area contributed by atoms with Crippen molar-refractivity contribution in [1.82, 2.24) is 0 Å². The normalized spacial score (nSPS) is 0.600. The maximum Gasteiger partial charge on any atom is 2.00 e. The maximum absolute atomic E-state index is 6.25. The van der Waals surface area contributed by atoms with Gasteiger partial charge in [0.1, 0.15) is 0 Å². The second-order valence-electron chi connectivity index (χ2n) is 0. The third-order valence-corrected chi connectivity index (χ3v) is 0. The van der Waals surface area contributed by atoms with Crippen LogP contribution in [-0.4, -0.2) is 16.4 Å². The average Bonchev–Trinajstić information content (AvgIpc) is 2.33. The molecule has 0 aromatic heterocycles. The van der Waals surface area contributed by atoms with Gasteiger partial charge in [0.25, 0.3) is 0 Å². The van der Waals surface area contributed by atoms with E-state index in [1.807, 2.05) is 0 Å². The van der Waals surface area contributed by atoms with Crippen molar-refractivity contribution in [2.45, 2.75) is 0 Å². The zero-order valence-corrected chi connectivity index (χ0v) is 32.3. The summed E-state index contributed by atoms with van der Waals surface area (Å²) < 4.78 is 0. The zero-order chi connectivity index (χ0) is 12.0. The molecule has 0 spiro atoms. The van der Waals surface area contributed by atoms with Crippen molar-refractivity contribution in [2.75, 3.05) is 0 Å². The minimum Gasteiger partial charge on any atom is -0.512 e. The van der Waals surface area contributed by atoms with Crippen molar-refractivity contribution in [3.8, 4) is 0 Å². The molecule has 90 valence electrons. The number of nitrogens with zero attached hydrogens (tertiary/aromatic N) is 6. The Labute approximate surface area is 326 Å². The molecule has 0 rings (SSSR count). The number of hydrogen-bond donors (Lipinski definition) is 0. The second kappa shape index (κ2) is 577. The van der Waals surface area contributed by atoms with Crippen LogP contribution in [0, 0.1) is 71.0 Å². The van der Waals surface area contributed by atoms with Crippen LogP contribution in [0.3, 0.4) is 0 Å². The predicted molar refractivity (Wildman–Crippen MR) is 40.6 cm³/mol. The zero-order valence-electron chi connectivity index (χ0n) is 11.5. The van der Waals surface area contributed by atoms with Crippen LogP contribution in [0.2, 0.25) is 0 Å². The average molecular weight is 608 g/mol. The first-order valence-electron chi connectivity index (χ1n) is 1.34. The third kappa shape index (κ3) is 504. The molecular weight excluding hydrogens is 602 g/mol. The van der Waals surface area contributed by atoms with Crippen LogP contribution < -0.4 is 233 Å². The summed E-state index contributed by atoms with van der Waals surface area (Å²) in [6.45, 7) is 28.5. The monoisotopic (exact) mass is 606 g/mol. The largest absolute Gasteiger partial charge is 2.00 e. The quantitative estimate of drug-likeness (QED) is 0.191. The van der Waals surface area contributed by atoms with Crippen molar-refractivity contribution in [2.24, 2.45) is 0 Å². The minimum atomic E-state index is 0. The summed E-state index contributed by atoms with van der Waals surface area (Å²) in [6.07, 6.45) is 0. The van der Waals surface area contributed by atoms with Crippen molar-refractivity contribution in [3.63, 3.8) is 0 Å². The maximum atomic E-state index is 6.25. The smallest absolute Gasteiger partial charge is 0.512 e. The molecule has 0 fully saturated rings. The molecule has 20 heavy (non-hydrogen) atoms. The Morgan fingerprint density at radius 1 is 0.300 bits per heavy atom. The molecule has 0 saturated heterocycles. The van der Waals surface area contributed by atoms with Gasteiger partial charge >= 0.3 is 250 Å². The fourth-order valence-corrected chi connectivity index (χ4v) is 0. The van der Waals surface area contributed by atoms with E-state index in [0.717, 1.165) is 0 Å². The molecule has 0 aromatic carbocycles. The summed E-state index contributed by atoms with van der Waals surface area (Å²) in [7, 11) is 0. The molecule has 0 radical (unpaired) electrons. The molecule has 9 nitrogen and oxygen atoms in total. The SMILES string of the molecule is O.O.O.[C-]#N.[C-]#N.[C-]#N.[C-]#N.[C-]#N.[C-]#N.[Fe+2].[Rb+].[Rb+].[Rb+].[Rb+]. The van der Waals surface area contributed by atoms with Crippen LogP contribution >= 0.6 is 0 Å². The predicted octanol–water partition coefficient (Wildman–Crippen LogP) is -13.9. The van der Waals surface area contributed by atoms with E-state index in [1.165, 1.54) is 0 Å². The van der Waals surface area contributed by atoms with Crippen molar-refractivity contribution in [3.05, 3.63) is 39.4 Å². The van der Waals surface area contributed by atoms with Gasteiger partial charge in [0.15, 0.2) is 0 Å². The number of rotatable bonds is 0. The van der Waals surface area contributed by atoms with Crippen molar-refractivity contribution < 1.29 is 266 Å². The molecule has 0 aliphatic carbocycles. The summed E-state index contributed by atoms with van der Waals surface area (Å²) in [5.41, 5.74) is 0. The van der Waals surface area contributed by atoms with Gasteiger partial charge in [-0.15, -0.1) is 0 Å². The van der Waals surface area contributed by atoms with E-state index < -0.39 is 0 Å². The number of hydrogen-bond acceptors (Lipinski definition) is 6. The summed E-state index contributed by atoms with van der Waals surface area (Å²) in [5.74, 6) is 0. The van der Waals surface area contributed by atoms with Crippen molar-refractivity contribution >= 4 is 0 Å². The van der Waals surface area contributed by atoms with Crippen LogP contribution in [0.4, 0.5) is 0 Å². The Hall–Kier alpha value is 4.56. The third-order valence-electron chi connectivity index (χ3n) is 0. The minimum absolute atomic E-state index is 0. The molecule has 14 heteroatoms. The molecule has 0 aliphatic rings. The van der Waals surface area contributed by atoms with Crippen LogP contribution in [0.25, 0.3) is 0 Å². The molecule has 6 N–H and O–H groups in total. The van der Waals surface area contributed by atoms with E-state index in [4.69, 9.17) is 71.0 Å². The molecule has 0 unspecified atom stereocenters. The topological polar surface area (TPSA) is 237 Å². The van der Waals surface area contributed by atoms with E-state index >= 15 is 0 Å². The van der Waals surface area contributed by atoms with Gasteiger partial charge in [0.05, 0.1) is 0 Å². The van der Waals surface area contributed by atoms with Gasteiger partial charge in [0.2, 0.25) is 0 Å².